The zero-order valence-electron chi connectivity index (χ0n) is 31.7. The van der Waals surface area contributed by atoms with Gasteiger partial charge in [-0.25, -0.2) is 4.98 Å². The van der Waals surface area contributed by atoms with Crippen molar-refractivity contribution in [2.45, 2.75) is 69.4 Å². The quantitative estimate of drug-likeness (QED) is 0.215. The first-order chi connectivity index (χ1) is 27.7. The van der Waals surface area contributed by atoms with Crippen molar-refractivity contribution in [1.82, 2.24) is 25.1 Å². The molecule has 294 valence electrons. The van der Waals surface area contributed by atoms with Gasteiger partial charge in [-0.05, 0) is 99.4 Å². The Morgan fingerprint density at radius 3 is 2.25 bits per heavy atom. The lowest BCUT2D eigenvalue weighted by molar-refractivity contribution is -0.136. The van der Waals surface area contributed by atoms with Gasteiger partial charge in [0, 0.05) is 75.6 Å². The van der Waals surface area contributed by atoms with E-state index in [4.69, 9.17) is 26.6 Å². The van der Waals surface area contributed by atoms with Crippen molar-refractivity contribution in [2.24, 2.45) is 5.92 Å². The standard InChI is InChI=1S/C43H45ClN8O5/c44-35-23-32(8-3-28(35)24-45)57-31-6-1-27(2-7-31)40-46-36-10-5-30(22-37(36)47-40)50-15-13-26(14-16-50)25-49-17-19-51(20-18-49)29-4-9-33-34(21-29)43(56)52(42(33)55)38-11-12-39(53)48-41(38)54/h3-5,8-10,21-23,26-27,31,38H,1-2,6-7,11-20,25H2,(H,46,47)(H,48,53,54). The van der Waals surface area contributed by atoms with Gasteiger partial charge in [0.2, 0.25) is 11.8 Å². The molecule has 9 rings (SSSR count). The van der Waals surface area contributed by atoms with Crippen LogP contribution in [-0.2, 0) is 9.59 Å². The third-order valence-corrected chi connectivity index (χ3v) is 12.9. The molecule has 0 spiro atoms. The molecule has 1 unspecified atom stereocenters. The van der Waals surface area contributed by atoms with Crippen LogP contribution in [0.3, 0.4) is 0 Å². The molecule has 4 aromatic rings. The molecule has 1 aliphatic carbocycles. The Morgan fingerprint density at radius 1 is 0.789 bits per heavy atom. The molecule has 4 fully saturated rings. The second kappa shape index (κ2) is 15.5. The van der Waals surface area contributed by atoms with Gasteiger partial charge in [0.25, 0.3) is 11.8 Å². The number of nitrogens with one attached hydrogen (secondary N) is 2. The zero-order valence-corrected chi connectivity index (χ0v) is 32.5. The number of aromatic amines is 1. The second-order valence-electron chi connectivity index (χ2n) is 16.1. The van der Waals surface area contributed by atoms with E-state index in [-0.39, 0.29) is 24.9 Å². The number of rotatable bonds is 8. The van der Waals surface area contributed by atoms with Gasteiger partial charge in [-0.15, -0.1) is 0 Å². The number of hydrogen-bond donors (Lipinski definition) is 2. The number of imidazole rings is 1. The molecule has 14 heteroatoms. The first kappa shape index (κ1) is 37.1. The van der Waals surface area contributed by atoms with Crippen molar-refractivity contribution in [3.8, 4) is 11.8 Å². The zero-order chi connectivity index (χ0) is 39.2. The summed E-state index contributed by atoms with van der Waals surface area (Å²) in [5.41, 5.74) is 5.30. The van der Waals surface area contributed by atoms with E-state index in [1.165, 1.54) is 5.69 Å². The molecular formula is C43H45ClN8O5. The van der Waals surface area contributed by atoms with Crippen LogP contribution >= 0.6 is 11.6 Å². The number of aromatic nitrogens is 2. The van der Waals surface area contributed by atoms with Gasteiger partial charge < -0.3 is 19.5 Å². The Morgan fingerprint density at radius 2 is 1.51 bits per heavy atom. The molecule has 1 atom stereocenters. The van der Waals surface area contributed by atoms with E-state index in [2.05, 4.69) is 49.3 Å². The number of nitrogens with zero attached hydrogens (tertiary/aromatic N) is 6. The number of piperidine rings is 2. The van der Waals surface area contributed by atoms with Gasteiger partial charge in [-0.3, -0.25) is 34.3 Å². The van der Waals surface area contributed by atoms with Crippen LogP contribution in [0.4, 0.5) is 11.4 Å². The SMILES string of the molecule is N#Cc1ccc(OC2CCC(c3nc4ccc(N5CCC(CN6CCN(c7ccc8c(c7)C(=O)N(C7CCC(=O)NC7=O)C8=O)CC6)CC5)cc4[nH]3)CC2)cc1Cl. The highest BCUT2D eigenvalue weighted by atomic mass is 35.5. The van der Waals surface area contributed by atoms with Gasteiger partial charge in [0.05, 0.1) is 38.9 Å². The van der Waals surface area contributed by atoms with Crippen molar-refractivity contribution in [2.75, 3.05) is 55.6 Å². The van der Waals surface area contributed by atoms with Crippen molar-refractivity contribution in [3.63, 3.8) is 0 Å². The number of amides is 4. The third kappa shape index (κ3) is 7.44. The van der Waals surface area contributed by atoms with Crippen LogP contribution in [0.5, 0.6) is 5.75 Å². The van der Waals surface area contributed by atoms with E-state index in [9.17, 15) is 19.2 Å². The van der Waals surface area contributed by atoms with Crippen molar-refractivity contribution < 1.29 is 23.9 Å². The lowest BCUT2D eigenvalue weighted by Gasteiger charge is -2.40. The number of piperazine rings is 1. The predicted molar refractivity (Wildman–Crippen MR) is 215 cm³/mol. The fraction of sp³-hybridized carbons (Fsp3) is 0.442. The summed E-state index contributed by atoms with van der Waals surface area (Å²) in [4.78, 5) is 67.5. The number of H-pyrrole nitrogens is 1. The summed E-state index contributed by atoms with van der Waals surface area (Å²) < 4.78 is 6.20. The van der Waals surface area contributed by atoms with Gasteiger partial charge >= 0.3 is 0 Å². The van der Waals surface area contributed by atoms with Crippen LogP contribution in [-0.4, -0.2) is 101 Å². The van der Waals surface area contributed by atoms with Crippen LogP contribution in [0.2, 0.25) is 5.02 Å². The first-order valence-electron chi connectivity index (χ1n) is 20.1. The normalized spacial score (nSPS) is 23.5. The predicted octanol–water partition coefficient (Wildman–Crippen LogP) is 5.63. The molecule has 4 aliphatic heterocycles. The Bertz CT molecular complexity index is 2280. The smallest absolute Gasteiger partial charge is 0.262 e. The van der Waals surface area contributed by atoms with Crippen LogP contribution in [0, 0.1) is 17.2 Å². The number of benzene rings is 3. The fourth-order valence-electron chi connectivity index (χ4n) is 9.30. The van der Waals surface area contributed by atoms with Crippen molar-refractivity contribution in [1.29, 1.82) is 5.26 Å². The molecule has 2 N–H and O–H groups in total. The fourth-order valence-corrected chi connectivity index (χ4v) is 9.51. The molecule has 0 radical (unpaired) electrons. The summed E-state index contributed by atoms with van der Waals surface area (Å²) >= 11 is 6.20. The highest BCUT2D eigenvalue weighted by Crippen LogP contribution is 2.36. The summed E-state index contributed by atoms with van der Waals surface area (Å²) in [5, 5.41) is 11.8. The number of nitriles is 1. The largest absolute Gasteiger partial charge is 0.490 e. The van der Waals surface area contributed by atoms with Gasteiger partial charge in [0.1, 0.15) is 23.7 Å². The van der Waals surface area contributed by atoms with Crippen LogP contribution in [0.25, 0.3) is 11.0 Å². The van der Waals surface area contributed by atoms with Gasteiger partial charge in [0.15, 0.2) is 0 Å². The molecule has 3 saturated heterocycles. The minimum absolute atomic E-state index is 0.100. The molecule has 3 aromatic carbocycles. The van der Waals surface area contributed by atoms with E-state index in [1.54, 1.807) is 24.3 Å². The minimum atomic E-state index is -0.963. The van der Waals surface area contributed by atoms with Crippen molar-refractivity contribution in [3.05, 3.63) is 82.1 Å². The molecule has 5 heterocycles. The number of hydrogen-bond acceptors (Lipinski definition) is 10. The van der Waals surface area contributed by atoms with E-state index in [1.807, 2.05) is 12.1 Å². The number of ether oxygens (including phenoxy) is 1. The average molecular weight is 789 g/mol. The number of fused-ring (bicyclic) bond motifs is 2. The monoisotopic (exact) mass is 788 g/mol. The number of anilines is 2. The van der Waals surface area contributed by atoms with E-state index >= 15 is 0 Å². The topological polar surface area (TPSA) is 155 Å². The van der Waals surface area contributed by atoms with Gasteiger partial charge in [-0.2, -0.15) is 5.26 Å². The number of imide groups is 2. The summed E-state index contributed by atoms with van der Waals surface area (Å²) in [6, 6.07) is 18.3. The van der Waals surface area contributed by atoms with Crippen LogP contribution in [0.1, 0.15) is 89.4 Å². The van der Waals surface area contributed by atoms with Crippen LogP contribution in [0.15, 0.2) is 54.6 Å². The molecule has 4 amide bonds. The lowest BCUT2D eigenvalue weighted by Crippen LogP contribution is -2.54. The summed E-state index contributed by atoms with van der Waals surface area (Å²) in [5.74, 6) is 0.821. The third-order valence-electron chi connectivity index (χ3n) is 12.6. The molecule has 0 bridgehead atoms. The highest BCUT2D eigenvalue weighted by molar-refractivity contribution is 6.31. The first-order valence-corrected chi connectivity index (χ1v) is 20.5. The summed E-state index contributed by atoms with van der Waals surface area (Å²) in [6.45, 7) is 6.60. The number of halogens is 1. The lowest BCUT2D eigenvalue weighted by atomic mass is 9.87. The molecule has 1 saturated carbocycles. The van der Waals surface area contributed by atoms with Crippen LogP contribution < -0.4 is 19.9 Å². The molecule has 5 aliphatic rings. The Labute approximate surface area is 335 Å². The van der Waals surface area contributed by atoms with Gasteiger partial charge in [-0.1, -0.05) is 11.6 Å². The molecule has 57 heavy (non-hydrogen) atoms. The minimum Gasteiger partial charge on any atom is -0.490 e. The Hall–Kier alpha value is -5.45. The maximum Gasteiger partial charge on any atom is 0.262 e. The average Bonchev–Trinajstić information content (AvgIpc) is 3.76. The van der Waals surface area contributed by atoms with E-state index < -0.39 is 23.8 Å². The van der Waals surface area contributed by atoms with E-state index in [0.29, 0.717) is 39.3 Å². The maximum atomic E-state index is 13.3. The number of carbonyl (C=O) groups excluding carboxylic acids is 4. The maximum absolute atomic E-state index is 13.3. The second-order valence-corrected chi connectivity index (χ2v) is 16.5. The molecule has 1 aromatic heterocycles. The summed E-state index contributed by atoms with van der Waals surface area (Å²) in [7, 11) is 0. The molecular weight excluding hydrogens is 744 g/mol. The summed E-state index contributed by atoms with van der Waals surface area (Å²) in [6.07, 6.45) is 6.49. The Balaban J connectivity index is 0.737. The molecule has 13 nitrogen and oxygen atoms in total. The number of carbonyl (C=O) groups is 4. The van der Waals surface area contributed by atoms with E-state index in [0.717, 1.165) is 112 Å². The van der Waals surface area contributed by atoms with Crippen molar-refractivity contribution >= 4 is 57.6 Å². The highest BCUT2D eigenvalue weighted by Gasteiger charge is 2.45. The Kier molecular flexibility index (Phi) is 10.1.